The van der Waals surface area contributed by atoms with Gasteiger partial charge in [-0.2, -0.15) is 5.26 Å². The van der Waals surface area contributed by atoms with Crippen LogP contribution >= 0.6 is 0 Å². The van der Waals surface area contributed by atoms with E-state index in [0.717, 1.165) is 5.56 Å². The van der Waals surface area contributed by atoms with E-state index in [4.69, 9.17) is 10.8 Å². The lowest BCUT2D eigenvalue weighted by Crippen LogP contribution is -1.89. The molecule has 0 saturated carbocycles. The van der Waals surface area contributed by atoms with Crippen molar-refractivity contribution in [3.05, 3.63) is 51.7 Å². The molecule has 0 radical (unpaired) electrons. The fourth-order valence-electron chi connectivity index (χ4n) is 1.23. The van der Waals surface area contributed by atoms with Crippen LogP contribution in [0, 0.1) is 17.1 Å². The van der Waals surface area contributed by atoms with Gasteiger partial charge < -0.3 is 0 Å². The fourth-order valence-corrected chi connectivity index (χ4v) is 1.23. The van der Waals surface area contributed by atoms with Crippen LogP contribution in [-0.2, 0) is 6.42 Å². The number of hydrogen-bond donors (Lipinski definition) is 0. The van der Waals surface area contributed by atoms with Crippen molar-refractivity contribution < 1.29 is 4.39 Å². The minimum absolute atomic E-state index is 0.207. The lowest BCUT2D eigenvalue weighted by Gasteiger charge is -2.01. The van der Waals surface area contributed by atoms with Crippen LogP contribution < -0.4 is 0 Å². The molecule has 16 heavy (non-hydrogen) atoms. The second kappa shape index (κ2) is 6.23. The Balaban J connectivity index is 2.92. The first-order valence-corrected chi connectivity index (χ1v) is 4.60. The van der Waals surface area contributed by atoms with Crippen molar-refractivity contribution in [3.8, 4) is 6.07 Å². The van der Waals surface area contributed by atoms with Gasteiger partial charge in [-0.1, -0.05) is 23.3 Å². The maximum atomic E-state index is 13.0. The van der Waals surface area contributed by atoms with Gasteiger partial charge in [0.1, 0.15) is 5.82 Å². The molecule has 0 aliphatic heterocycles. The Bertz CT molecular complexity index is 481. The molecule has 0 saturated heterocycles. The van der Waals surface area contributed by atoms with Gasteiger partial charge in [0.05, 0.1) is 12.5 Å². The van der Waals surface area contributed by atoms with Crippen molar-refractivity contribution in [2.45, 2.75) is 6.42 Å². The molecule has 0 aromatic heterocycles. The molecule has 1 aromatic rings. The third-order valence-electron chi connectivity index (χ3n) is 1.93. The van der Waals surface area contributed by atoms with Crippen LogP contribution in [0.1, 0.15) is 11.1 Å². The maximum absolute atomic E-state index is 13.0. The zero-order chi connectivity index (χ0) is 11.8. The summed E-state index contributed by atoms with van der Waals surface area (Å²) >= 11 is 0. The Morgan fingerprint density at radius 3 is 3.06 bits per heavy atom. The van der Waals surface area contributed by atoms with Crippen molar-refractivity contribution >= 4 is 6.08 Å². The SMILES string of the molecule is N#CCc1ccc(F)cc1C=CCN=[N+]=[N-]. The van der Waals surface area contributed by atoms with Gasteiger partial charge in [-0.15, -0.1) is 0 Å². The lowest BCUT2D eigenvalue weighted by atomic mass is 10.0. The van der Waals surface area contributed by atoms with Crippen molar-refractivity contribution in [3.63, 3.8) is 0 Å². The van der Waals surface area contributed by atoms with E-state index in [1.165, 1.54) is 12.1 Å². The number of azide groups is 1. The summed E-state index contributed by atoms with van der Waals surface area (Å²) in [6, 6.07) is 6.25. The van der Waals surface area contributed by atoms with Gasteiger partial charge in [-0.05, 0) is 28.8 Å². The zero-order valence-corrected chi connectivity index (χ0v) is 8.47. The van der Waals surface area contributed by atoms with Gasteiger partial charge in [-0.3, -0.25) is 0 Å². The number of nitriles is 1. The van der Waals surface area contributed by atoms with Gasteiger partial charge in [0, 0.05) is 11.5 Å². The Hall–Kier alpha value is -2.31. The second-order valence-electron chi connectivity index (χ2n) is 2.99. The minimum atomic E-state index is -0.356. The predicted octanol–water partition coefficient (Wildman–Crippen LogP) is 3.22. The standard InChI is InChI=1S/C11H9FN4/c12-11-4-3-9(5-6-13)10(8-11)2-1-7-15-16-14/h1-4,8H,5,7H2. The monoisotopic (exact) mass is 216 g/mol. The van der Waals surface area contributed by atoms with Crippen LogP contribution in [-0.4, -0.2) is 6.54 Å². The summed E-state index contributed by atoms with van der Waals surface area (Å²) in [6.07, 6.45) is 3.49. The second-order valence-corrected chi connectivity index (χ2v) is 2.99. The van der Waals surface area contributed by atoms with Crippen LogP contribution in [0.15, 0.2) is 29.4 Å². The topological polar surface area (TPSA) is 72.5 Å². The highest BCUT2D eigenvalue weighted by atomic mass is 19.1. The van der Waals surface area contributed by atoms with E-state index in [1.807, 2.05) is 6.07 Å². The quantitative estimate of drug-likeness (QED) is 0.432. The fraction of sp³-hybridized carbons (Fsp3) is 0.182. The number of halogens is 1. The van der Waals surface area contributed by atoms with Crippen LogP contribution in [0.5, 0.6) is 0 Å². The molecule has 0 N–H and O–H groups in total. The Morgan fingerprint density at radius 2 is 2.38 bits per heavy atom. The van der Waals surface area contributed by atoms with Gasteiger partial charge in [0.25, 0.3) is 0 Å². The molecule has 1 aromatic carbocycles. The molecule has 0 heterocycles. The molecular formula is C11H9FN4. The number of rotatable bonds is 4. The highest BCUT2D eigenvalue weighted by Gasteiger charge is 2.00. The number of hydrogen-bond acceptors (Lipinski definition) is 2. The summed E-state index contributed by atoms with van der Waals surface area (Å²) in [6.45, 7) is 0.207. The van der Waals surface area contributed by atoms with Crippen molar-refractivity contribution in [2.75, 3.05) is 6.54 Å². The third kappa shape index (κ3) is 3.45. The average molecular weight is 216 g/mol. The van der Waals surface area contributed by atoms with Crippen molar-refractivity contribution in [2.24, 2.45) is 5.11 Å². The van der Waals surface area contributed by atoms with E-state index >= 15 is 0 Å². The molecule has 4 nitrogen and oxygen atoms in total. The number of benzene rings is 1. The molecule has 0 aliphatic carbocycles. The van der Waals surface area contributed by atoms with E-state index in [1.54, 1.807) is 18.2 Å². The van der Waals surface area contributed by atoms with Gasteiger partial charge in [0.15, 0.2) is 0 Å². The summed E-state index contributed by atoms with van der Waals surface area (Å²) in [5, 5.41) is 11.9. The summed E-state index contributed by atoms with van der Waals surface area (Å²) < 4.78 is 13.0. The Kier molecular flexibility index (Phi) is 4.58. The maximum Gasteiger partial charge on any atom is 0.123 e. The first-order chi connectivity index (χ1) is 7.77. The highest BCUT2D eigenvalue weighted by Crippen LogP contribution is 2.13. The molecule has 80 valence electrons. The average Bonchev–Trinajstić information content (AvgIpc) is 2.28. The summed E-state index contributed by atoms with van der Waals surface area (Å²) in [7, 11) is 0. The predicted molar refractivity (Wildman–Crippen MR) is 58.8 cm³/mol. The molecule has 0 spiro atoms. The summed E-state index contributed by atoms with van der Waals surface area (Å²) in [4.78, 5) is 2.59. The third-order valence-corrected chi connectivity index (χ3v) is 1.93. The minimum Gasteiger partial charge on any atom is -0.207 e. The van der Waals surface area contributed by atoms with E-state index < -0.39 is 0 Å². The van der Waals surface area contributed by atoms with E-state index in [0.29, 0.717) is 5.56 Å². The molecule has 0 bridgehead atoms. The first kappa shape index (κ1) is 11.8. The molecule has 0 amide bonds. The first-order valence-electron chi connectivity index (χ1n) is 4.60. The summed E-state index contributed by atoms with van der Waals surface area (Å²) in [5.41, 5.74) is 9.45. The van der Waals surface area contributed by atoms with Gasteiger partial charge >= 0.3 is 0 Å². The zero-order valence-electron chi connectivity index (χ0n) is 8.47. The van der Waals surface area contributed by atoms with Crippen LogP contribution in [0.2, 0.25) is 0 Å². The molecule has 0 atom stereocenters. The number of nitrogens with zero attached hydrogens (tertiary/aromatic N) is 4. The van der Waals surface area contributed by atoms with Crippen molar-refractivity contribution in [1.82, 2.24) is 0 Å². The van der Waals surface area contributed by atoms with Gasteiger partial charge in [0.2, 0.25) is 0 Å². The molecule has 0 fully saturated rings. The smallest absolute Gasteiger partial charge is 0.123 e. The summed E-state index contributed by atoms with van der Waals surface area (Å²) in [5.74, 6) is -0.356. The Morgan fingerprint density at radius 1 is 1.56 bits per heavy atom. The van der Waals surface area contributed by atoms with Gasteiger partial charge in [-0.25, -0.2) is 4.39 Å². The van der Waals surface area contributed by atoms with Crippen LogP contribution in [0.3, 0.4) is 0 Å². The largest absolute Gasteiger partial charge is 0.207 e. The molecular weight excluding hydrogens is 207 g/mol. The lowest BCUT2D eigenvalue weighted by molar-refractivity contribution is 0.627. The molecule has 1 rings (SSSR count). The van der Waals surface area contributed by atoms with E-state index in [9.17, 15) is 4.39 Å². The van der Waals surface area contributed by atoms with Crippen molar-refractivity contribution in [1.29, 1.82) is 5.26 Å². The Labute approximate surface area is 92.3 Å². The van der Waals surface area contributed by atoms with Crippen LogP contribution in [0.4, 0.5) is 4.39 Å². The van der Waals surface area contributed by atoms with E-state index in [2.05, 4.69) is 10.0 Å². The highest BCUT2D eigenvalue weighted by molar-refractivity contribution is 5.54. The molecule has 5 heteroatoms. The normalized spacial score (nSPS) is 9.75. The van der Waals surface area contributed by atoms with E-state index in [-0.39, 0.29) is 18.8 Å². The van der Waals surface area contributed by atoms with Crippen LogP contribution in [0.25, 0.3) is 16.5 Å². The molecule has 0 unspecified atom stereocenters. The molecule has 0 aliphatic rings.